The van der Waals surface area contributed by atoms with Crippen LogP contribution in [0.1, 0.15) is 12.5 Å². The molecule has 0 bridgehead atoms. The number of hydrogen-bond donors (Lipinski definition) is 4. The van der Waals surface area contributed by atoms with Crippen molar-refractivity contribution in [3.63, 3.8) is 0 Å². The lowest BCUT2D eigenvalue weighted by molar-refractivity contribution is -0.118. The van der Waals surface area contributed by atoms with Crippen molar-refractivity contribution < 1.29 is 15.0 Å². The van der Waals surface area contributed by atoms with Crippen LogP contribution in [0.5, 0.6) is 11.5 Å². The van der Waals surface area contributed by atoms with Crippen LogP contribution in [-0.2, 0) is 11.2 Å². The molecule has 1 heterocycles. The first-order valence-corrected chi connectivity index (χ1v) is 5.35. The number of carbonyl (C=O) groups excluding carboxylic acids is 1. The highest BCUT2D eigenvalue weighted by molar-refractivity contribution is 5.91. The van der Waals surface area contributed by atoms with Gasteiger partial charge < -0.3 is 20.5 Å². The molecule has 0 radical (unpaired) electrons. The summed E-state index contributed by atoms with van der Waals surface area (Å²) < 4.78 is 0. The van der Waals surface area contributed by atoms with Gasteiger partial charge in [0.05, 0.1) is 0 Å². The van der Waals surface area contributed by atoms with Gasteiger partial charge in [-0.15, -0.1) is 0 Å². The van der Waals surface area contributed by atoms with E-state index in [0.717, 1.165) is 11.1 Å². The van der Waals surface area contributed by atoms with Gasteiger partial charge in [-0.25, -0.2) is 0 Å². The van der Waals surface area contributed by atoms with Crippen LogP contribution < -0.4 is 5.32 Å². The number of fused-ring (bicyclic) bond motifs is 1. The standard InChI is InChI=1S/C12H14N2O3/c1-7(15)13-5-4-8-6-14-9-2-3-10(16)12(17)11(8)9/h2-3,6,14,16-17H,4-5H2,1H3,(H,13,15). The Morgan fingerprint density at radius 2 is 2.18 bits per heavy atom. The zero-order valence-corrected chi connectivity index (χ0v) is 9.45. The van der Waals surface area contributed by atoms with Crippen LogP contribution in [0.15, 0.2) is 18.3 Å². The Morgan fingerprint density at radius 3 is 2.88 bits per heavy atom. The summed E-state index contributed by atoms with van der Waals surface area (Å²) in [4.78, 5) is 13.8. The molecule has 1 aromatic carbocycles. The minimum absolute atomic E-state index is 0.0862. The topological polar surface area (TPSA) is 85.4 Å². The van der Waals surface area contributed by atoms with Gasteiger partial charge in [0.25, 0.3) is 0 Å². The van der Waals surface area contributed by atoms with Gasteiger partial charge in [-0.3, -0.25) is 4.79 Å². The van der Waals surface area contributed by atoms with Crippen LogP contribution in [0.2, 0.25) is 0 Å². The molecule has 0 saturated carbocycles. The van der Waals surface area contributed by atoms with Crippen molar-refractivity contribution in [3.05, 3.63) is 23.9 Å². The molecule has 5 heteroatoms. The van der Waals surface area contributed by atoms with Gasteiger partial charge in [-0.1, -0.05) is 0 Å². The first kappa shape index (κ1) is 11.3. The molecule has 0 saturated heterocycles. The van der Waals surface area contributed by atoms with Gasteiger partial charge in [-0.2, -0.15) is 0 Å². The van der Waals surface area contributed by atoms with Crippen molar-refractivity contribution >= 4 is 16.8 Å². The highest BCUT2D eigenvalue weighted by Crippen LogP contribution is 2.35. The fourth-order valence-electron chi connectivity index (χ4n) is 1.83. The fraction of sp³-hybridized carbons (Fsp3) is 0.250. The molecule has 1 aromatic heterocycles. The van der Waals surface area contributed by atoms with E-state index in [1.807, 2.05) is 0 Å². The van der Waals surface area contributed by atoms with Crippen molar-refractivity contribution in [3.8, 4) is 11.5 Å². The Labute approximate surface area is 98.1 Å². The predicted molar refractivity (Wildman–Crippen MR) is 64.0 cm³/mol. The summed E-state index contributed by atoms with van der Waals surface area (Å²) in [5.41, 5.74) is 1.63. The summed E-state index contributed by atoms with van der Waals surface area (Å²) in [5.74, 6) is -0.351. The Hall–Kier alpha value is -2.17. The average Bonchev–Trinajstić information content (AvgIpc) is 2.67. The Morgan fingerprint density at radius 1 is 1.41 bits per heavy atom. The van der Waals surface area contributed by atoms with E-state index in [4.69, 9.17) is 0 Å². The number of nitrogens with one attached hydrogen (secondary N) is 2. The number of aromatic hydroxyl groups is 2. The van der Waals surface area contributed by atoms with Gasteiger partial charge in [0.15, 0.2) is 11.5 Å². The molecular weight excluding hydrogens is 220 g/mol. The van der Waals surface area contributed by atoms with Crippen molar-refractivity contribution in [2.75, 3.05) is 6.54 Å². The van der Waals surface area contributed by atoms with Gasteiger partial charge in [0, 0.05) is 30.6 Å². The Balaban J connectivity index is 2.28. The maximum Gasteiger partial charge on any atom is 0.216 e. The quantitative estimate of drug-likeness (QED) is 0.603. The van der Waals surface area contributed by atoms with Gasteiger partial charge in [0.1, 0.15) is 0 Å². The maximum atomic E-state index is 10.7. The number of H-pyrrole nitrogens is 1. The second-order valence-corrected chi connectivity index (χ2v) is 3.90. The van der Waals surface area contributed by atoms with Crippen LogP contribution in [0.4, 0.5) is 0 Å². The highest BCUT2D eigenvalue weighted by atomic mass is 16.3. The summed E-state index contributed by atoms with van der Waals surface area (Å²) in [6, 6.07) is 3.14. The summed E-state index contributed by atoms with van der Waals surface area (Å²) in [7, 11) is 0. The Bertz CT molecular complexity index is 560. The molecule has 1 amide bonds. The van der Waals surface area contributed by atoms with E-state index < -0.39 is 0 Å². The highest BCUT2D eigenvalue weighted by Gasteiger charge is 2.11. The number of amides is 1. The van der Waals surface area contributed by atoms with Crippen molar-refractivity contribution in [2.45, 2.75) is 13.3 Å². The number of phenolic OH excluding ortho intramolecular Hbond substituents is 2. The second kappa shape index (κ2) is 4.37. The van der Waals surface area contributed by atoms with Gasteiger partial charge in [-0.05, 0) is 24.1 Å². The van der Waals surface area contributed by atoms with Crippen molar-refractivity contribution in [1.82, 2.24) is 10.3 Å². The van der Waals surface area contributed by atoms with E-state index in [1.165, 1.54) is 13.0 Å². The largest absolute Gasteiger partial charge is 0.504 e. The van der Waals surface area contributed by atoms with E-state index in [1.54, 1.807) is 12.3 Å². The molecule has 0 unspecified atom stereocenters. The van der Waals surface area contributed by atoms with Crippen molar-refractivity contribution in [1.29, 1.82) is 0 Å². The van der Waals surface area contributed by atoms with Crippen LogP contribution in [0.3, 0.4) is 0 Å². The minimum Gasteiger partial charge on any atom is -0.504 e. The molecule has 0 fully saturated rings. The van der Waals surface area contributed by atoms with E-state index in [0.29, 0.717) is 18.4 Å². The molecule has 0 atom stereocenters. The third-order valence-corrected chi connectivity index (χ3v) is 2.65. The Kier molecular flexibility index (Phi) is 2.91. The van der Waals surface area contributed by atoms with Crippen molar-refractivity contribution in [2.24, 2.45) is 0 Å². The minimum atomic E-state index is -0.141. The lowest BCUT2D eigenvalue weighted by Gasteiger charge is -2.03. The predicted octanol–water partition coefficient (Wildman–Crippen LogP) is 1.26. The van der Waals surface area contributed by atoms with E-state index in [9.17, 15) is 15.0 Å². The average molecular weight is 234 g/mol. The normalized spacial score (nSPS) is 10.6. The molecule has 17 heavy (non-hydrogen) atoms. The van der Waals surface area contributed by atoms with Gasteiger partial charge >= 0.3 is 0 Å². The van der Waals surface area contributed by atoms with E-state index in [-0.39, 0.29) is 17.4 Å². The molecule has 0 aliphatic carbocycles. The fourth-order valence-corrected chi connectivity index (χ4v) is 1.83. The number of carbonyl (C=O) groups is 1. The lowest BCUT2D eigenvalue weighted by atomic mass is 10.1. The van der Waals surface area contributed by atoms with Crippen LogP contribution >= 0.6 is 0 Å². The third kappa shape index (κ3) is 2.18. The number of rotatable bonds is 3. The number of aromatic nitrogens is 1. The number of aromatic amines is 1. The van der Waals surface area contributed by atoms with Crippen LogP contribution in [0, 0.1) is 0 Å². The summed E-state index contributed by atoms with van der Waals surface area (Å²) in [6.45, 7) is 1.95. The zero-order chi connectivity index (χ0) is 12.4. The monoisotopic (exact) mass is 234 g/mol. The molecule has 0 aliphatic heterocycles. The molecule has 2 aromatic rings. The second-order valence-electron chi connectivity index (χ2n) is 3.90. The first-order valence-electron chi connectivity index (χ1n) is 5.35. The lowest BCUT2D eigenvalue weighted by Crippen LogP contribution is -2.22. The summed E-state index contributed by atoms with van der Waals surface area (Å²) >= 11 is 0. The van der Waals surface area contributed by atoms with Gasteiger partial charge in [0.2, 0.25) is 5.91 Å². The smallest absolute Gasteiger partial charge is 0.216 e. The molecule has 90 valence electrons. The third-order valence-electron chi connectivity index (χ3n) is 2.65. The van der Waals surface area contributed by atoms with E-state index >= 15 is 0 Å². The number of hydrogen-bond acceptors (Lipinski definition) is 3. The number of benzene rings is 1. The number of phenols is 2. The summed E-state index contributed by atoms with van der Waals surface area (Å²) in [5, 5.41) is 22.5. The molecule has 0 spiro atoms. The molecule has 0 aliphatic rings. The molecular formula is C12H14N2O3. The van der Waals surface area contributed by atoms with Crippen LogP contribution in [-0.4, -0.2) is 27.6 Å². The first-order chi connectivity index (χ1) is 8.09. The maximum absolute atomic E-state index is 10.7. The summed E-state index contributed by atoms with van der Waals surface area (Å²) in [6.07, 6.45) is 2.36. The van der Waals surface area contributed by atoms with E-state index in [2.05, 4.69) is 10.3 Å². The molecule has 5 nitrogen and oxygen atoms in total. The SMILES string of the molecule is CC(=O)NCCc1c[nH]c2ccc(O)c(O)c12. The molecule has 2 rings (SSSR count). The molecule has 4 N–H and O–H groups in total. The van der Waals surface area contributed by atoms with Crippen LogP contribution in [0.25, 0.3) is 10.9 Å². The zero-order valence-electron chi connectivity index (χ0n) is 9.45.